The first-order valence-corrected chi connectivity index (χ1v) is 3.41. The predicted octanol–water partition coefficient (Wildman–Crippen LogP) is 2.33. The molecule has 1 rings (SSSR count). The van der Waals surface area contributed by atoms with Gasteiger partial charge < -0.3 is 4.98 Å². The van der Waals surface area contributed by atoms with Gasteiger partial charge in [-0.05, 0) is 0 Å². The summed E-state index contributed by atoms with van der Waals surface area (Å²) in [5, 5.41) is 0. The van der Waals surface area contributed by atoms with Gasteiger partial charge in [0.05, 0.1) is 5.56 Å². The van der Waals surface area contributed by atoms with Crippen molar-refractivity contribution in [1.29, 1.82) is 0 Å². The molecule has 78 valence electrons. The molecule has 0 atom stereocenters. The number of aromatic nitrogens is 1. The summed E-state index contributed by atoms with van der Waals surface area (Å²) in [7, 11) is 0. The highest BCUT2D eigenvalue weighted by atomic mass is 19.4. The molecule has 7 heteroatoms. The minimum atomic E-state index is -4.98. The summed E-state index contributed by atoms with van der Waals surface area (Å²) in [6.45, 7) is 0. The molecular formula is C7H4F5NO. The van der Waals surface area contributed by atoms with Crippen molar-refractivity contribution in [2.24, 2.45) is 0 Å². The molecule has 0 aromatic carbocycles. The van der Waals surface area contributed by atoms with Crippen LogP contribution in [-0.4, -0.2) is 4.98 Å². The first-order valence-electron chi connectivity index (χ1n) is 3.41. The number of nitrogens with one attached hydrogen (secondary N) is 1. The van der Waals surface area contributed by atoms with Crippen LogP contribution >= 0.6 is 0 Å². The van der Waals surface area contributed by atoms with E-state index < -0.39 is 29.3 Å². The molecule has 0 saturated heterocycles. The Morgan fingerprint density at radius 1 is 1.29 bits per heavy atom. The quantitative estimate of drug-likeness (QED) is 0.713. The van der Waals surface area contributed by atoms with Crippen molar-refractivity contribution in [1.82, 2.24) is 4.98 Å². The fourth-order valence-electron chi connectivity index (χ4n) is 0.943. The summed E-state index contributed by atoms with van der Waals surface area (Å²) in [4.78, 5) is 12.3. The van der Waals surface area contributed by atoms with E-state index in [0.29, 0.717) is 12.3 Å². The molecule has 1 N–H and O–H groups in total. The number of pyridine rings is 1. The van der Waals surface area contributed by atoms with Crippen LogP contribution in [0.25, 0.3) is 0 Å². The number of halogens is 5. The zero-order valence-corrected chi connectivity index (χ0v) is 6.53. The Hall–Kier alpha value is -1.40. The van der Waals surface area contributed by atoms with E-state index in [2.05, 4.69) is 0 Å². The second-order valence-electron chi connectivity index (χ2n) is 2.43. The van der Waals surface area contributed by atoms with E-state index in [0.717, 1.165) is 0 Å². The Balaban J connectivity index is 3.44. The van der Waals surface area contributed by atoms with Gasteiger partial charge in [-0.25, -0.2) is 8.78 Å². The van der Waals surface area contributed by atoms with Crippen LogP contribution in [0.5, 0.6) is 0 Å². The fourth-order valence-corrected chi connectivity index (χ4v) is 0.943. The molecule has 0 aliphatic heterocycles. The summed E-state index contributed by atoms with van der Waals surface area (Å²) < 4.78 is 60.5. The van der Waals surface area contributed by atoms with Gasteiger partial charge in [0.25, 0.3) is 6.43 Å². The first-order chi connectivity index (χ1) is 6.34. The molecule has 0 amide bonds. The lowest BCUT2D eigenvalue weighted by Crippen LogP contribution is -2.20. The van der Waals surface area contributed by atoms with Gasteiger partial charge in [-0.2, -0.15) is 13.2 Å². The lowest BCUT2D eigenvalue weighted by Gasteiger charge is -2.10. The number of H-pyrrole nitrogens is 1. The van der Waals surface area contributed by atoms with Gasteiger partial charge in [0.15, 0.2) is 5.43 Å². The van der Waals surface area contributed by atoms with E-state index in [9.17, 15) is 26.7 Å². The zero-order valence-electron chi connectivity index (χ0n) is 6.53. The molecule has 14 heavy (non-hydrogen) atoms. The van der Waals surface area contributed by atoms with E-state index >= 15 is 0 Å². The molecular weight excluding hydrogens is 209 g/mol. The monoisotopic (exact) mass is 213 g/mol. The van der Waals surface area contributed by atoms with E-state index in [1.54, 1.807) is 4.98 Å². The van der Waals surface area contributed by atoms with Gasteiger partial charge >= 0.3 is 6.18 Å². The summed E-state index contributed by atoms with van der Waals surface area (Å²) in [6, 6.07) is 0.622. The summed E-state index contributed by atoms with van der Waals surface area (Å²) >= 11 is 0. The van der Waals surface area contributed by atoms with Crippen LogP contribution in [0.4, 0.5) is 22.0 Å². The summed E-state index contributed by atoms with van der Waals surface area (Å²) in [5.74, 6) is 0. The normalized spacial score (nSPS) is 12.1. The number of hydrogen-bond donors (Lipinski definition) is 1. The topological polar surface area (TPSA) is 32.9 Å². The van der Waals surface area contributed by atoms with Gasteiger partial charge in [0.2, 0.25) is 0 Å². The van der Waals surface area contributed by atoms with E-state index in [4.69, 9.17) is 0 Å². The van der Waals surface area contributed by atoms with Crippen LogP contribution in [0, 0.1) is 0 Å². The third kappa shape index (κ3) is 1.91. The van der Waals surface area contributed by atoms with Crippen LogP contribution in [0.3, 0.4) is 0 Å². The zero-order chi connectivity index (χ0) is 10.9. The second-order valence-corrected chi connectivity index (χ2v) is 2.43. The molecule has 1 aromatic heterocycles. The van der Waals surface area contributed by atoms with Gasteiger partial charge in [0.1, 0.15) is 5.69 Å². The molecule has 0 aliphatic carbocycles. The third-order valence-corrected chi connectivity index (χ3v) is 1.50. The Morgan fingerprint density at radius 2 is 1.86 bits per heavy atom. The maximum absolute atomic E-state index is 12.1. The Bertz CT molecular complexity index is 380. The SMILES string of the molecule is O=c1cc[nH]c(C(F)(F)F)c1C(F)F. The van der Waals surface area contributed by atoms with E-state index in [-0.39, 0.29) is 0 Å². The Kier molecular flexibility index (Phi) is 2.59. The average Bonchev–Trinajstić information content (AvgIpc) is 2.01. The molecule has 0 spiro atoms. The molecule has 0 unspecified atom stereocenters. The highest BCUT2D eigenvalue weighted by Gasteiger charge is 2.37. The molecule has 0 aliphatic rings. The number of hydrogen-bond acceptors (Lipinski definition) is 1. The maximum Gasteiger partial charge on any atom is 0.431 e. The Morgan fingerprint density at radius 3 is 2.21 bits per heavy atom. The Labute approximate surface area is 74.4 Å². The van der Waals surface area contributed by atoms with Crippen LogP contribution < -0.4 is 5.43 Å². The van der Waals surface area contributed by atoms with E-state index in [1.807, 2.05) is 0 Å². The van der Waals surface area contributed by atoms with Crippen LogP contribution in [-0.2, 0) is 6.18 Å². The minimum Gasteiger partial charge on any atom is -0.357 e. The maximum atomic E-state index is 12.1. The highest BCUT2D eigenvalue weighted by molar-refractivity contribution is 5.23. The smallest absolute Gasteiger partial charge is 0.357 e. The van der Waals surface area contributed by atoms with Crippen molar-refractivity contribution in [2.45, 2.75) is 12.6 Å². The van der Waals surface area contributed by atoms with Gasteiger partial charge in [-0.1, -0.05) is 0 Å². The van der Waals surface area contributed by atoms with Gasteiger partial charge in [0, 0.05) is 12.3 Å². The van der Waals surface area contributed by atoms with Crippen LogP contribution in [0.1, 0.15) is 17.7 Å². The van der Waals surface area contributed by atoms with Crippen molar-refractivity contribution < 1.29 is 22.0 Å². The lowest BCUT2D eigenvalue weighted by molar-refractivity contribution is -0.143. The van der Waals surface area contributed by atoms with Gasteiger partial charge in [-0.15, -0.1) is 0 Å². The summed E-state index contributed by atoms with van der Waals surface area (Å²) in [5.41, 5.74) is -4.56. The molecule has 0 fully saturated rings. The fraction of sp³-hybridized carbons (Fsp3) is 0.286. The molecule has 0 saturated carbocycles. The largest absolute Gasteiger partial charge is 0.431 e. The molecule has 1 heterocycles. The first kappa shape index (κ1) is 10.7. The van der Waals surface area contributed by atoms with Crippen molar-refractivity contribution in [3.8, 4) is 0 Å². The van der Waals surface area contributed by atoms with Crippen LogP contribution in [0.15, 0.2) is 17.1 Å². The number of aromatic amines is 1. The van der Waals surface area contributed by atoms with Crippen molar-refractivity contribution in [3.63, 3.8) is 0 Å². The third-order valence-electron chi connectivity index (χ3n) is 1.50. The van der Waals surface area contributed by atoms with Crippen molar-refractivity contribution >= 4 is 0 Å². The molecule has 2 nitrogen and oxygen atoms in total. The lowest BCUT2D eigenvalue weighted by atomic mass is 10.2. The summed E-state index contributed by atoms with van der Waals surface area (Å²) in [6.07, 6.45) is -7.75. The van der Waals surface area contributed by atoms with E-state index in [1.165, 1.54) is 0 Å². The minimum absolute atomic E-state index is 0.622. The average molecular weight is 213 g/mol. The number of rotatable bonds is 1. The van der Waals surface area contributed by atoms with Crippen LogP contribution in [0.2, 0.25) is 0 Å². The predicted molar refractivity (Wildman–Crippen MR) is 37.0 cm³/mol. The molecule has 1 aromatic rings. The molecule has 0 bridgehead atoms. The molecule has 0 radical (unpaired) electrons. The van der Waals surface area contributed by atoms with Crippen molar-refractivity contribution in [2.75, 3.05) is 0 Å². The highest BCUT2D eigenvalue weighted by Crippen LogP contribution is 2.32. The van der Waals surface area contributed by atoms with Crippen molar-refractivity contribution in [3.05, 3.63) is 33.7 Å². The second kappa shape index (κ2) is 3.39. The number of alkyl halides is 5. The standard InChI is InChI=1S/C7H4F5NO/c8-6(9)4-3(14)1-2-13-5(4)7(10,11)12/h1-2,6H,(H,13,14). The van der Waals surface area contributed by atoms with Gasteiger partial charge in [-0.3, -0.25) is 4.79 Å².